The zero-order valence-corrected chi connectivity index (χ0v) is 18.2. The smallest absolute Gasteiger partial charge is 0.325 e. The predicted octanol–water partition coefficient (Wildman–Crippen LogP) is 3.54. The zero-order valence-electron chi connectivity index (χ0n) is 18.2. The van der Waals surface area contributed by atoms with Gasteiger partial charge in [0.15, 0.2) is 0 Å². The number of nitrogens with one attached hydrogen (secondary N) is 1. The standard InChI is InChI=1S/C23H29N3O5/c1-16-10-22(2,3)15-23(11-16)20(28)26(21(29)24-23)14-19(27)25(12-17-6-4-8-30-17)13-18-7-5-9-31-18/h4-9,16H,10-15H2,1-3H3,(H,24,29). The number of nitrogens with zero attached hydrogens (tertiary/aromatic N) is 2. The molecule has 2 aromatic rings. The second kappa shape index (κ2) is 7.90. The van der Waals surface area contributed by atoms with E-state index in [0.717, 1.165) is 11.3 Å². The third kappa shape index (κ3) is 4.38. The summed E-state index contributed by atoms with van der Waals surface area (Å²) in [6, 6.07) is 6.54. The lowest BCUT2D eigenvalue weighted by molar-refractivity contribution is -0.141. The molecule has 2 aliphatic rings. The van der Waals surface area contributed by atoms with Crippen molar-refractivity contribution in [3.8, 4) is 0 Å². The first-order valence-corrected chi connectivity index (χ1v) is 10.6. The summed E-state index contributed by atoms with van der Waals surface area (Å²) in [5.74, 6) is 0.865. The number of furan rings is 2. The summed E-state index contributed by atoms with van der Waals surface area (Å²) in [7, 11) is 0. The molecule has 4 rings (SSSR count). The Bertz CT molecular complexity index is 914. The molecule has 3 heterocycles. The minimum atomic E-state index is -0.925. The topological polar surface area (TPSA) is 96.0 Å². The molecule has 2 unspecified atom stereocenters. The van der Waals surface area contributed by atoms with Gasteiger partial charge in [0.25, 0.3) is 5.91 Å². The van der Waals surface area contributed by atoms with Gasteiger partial charge in [0, 0.05) is 0 Å². The van der Waals surface area contributed by atoms with Crippen molar-refractivity contribution in [3.63, 3.8) is 0 Å². The fourth-order valence-corrected chi connectivity index (χ4v) is 5.30. The average Bonchev–Trinajstić information content (AvgIpc) is 3.40. The van der Waals surface area contributed by atoms with Gasteiger partial charge in [-0.05, 0) is 54.9 Å². The Labute approximate surface area is 181 Å². The lowest BCUT2D eigenvalue weighted by Crippen LogP contribution is -2.54. The number of hydrogen-bond donors (Lipinski definition) is 1. The van der Waals surface area contributed by atoms with Crippen molar-refractivity contribution in [2.24, 2.45) is 11.3 Å². The first-order chi connectivity index (χ1) is 14.7. The van der Waals surface area contributed by atoms with Crippen LogP contribution in [-0.2, 0) is 22.7 Å². The predicted molar refractivity (Wildman–Crippen MR) is 111 cm³/mol. The van der Waals surface area contributed by atoms with E-state index in [0.29, 0.717) is 30.3 Å². The highest BCUT2D eigenvalue weighted by Crippen LogP contribution is 2.46. The molecule has 0 radical (unpaired) electrons. The Morgan fingerprint density at radius 2 is 1.74 bits per heavy atom. The average molecular weight is 428 g/mol. The molecule has 1 saturated carbocycles. The van der Waals surface area contributed by atoms with Gasteiger partial charge in [-0.3, -0.25) is 14.5 Å². The van der Waals surface area contributed by atoms with E-state index in [-0.39, 0.29) is 36.9 Å². The largest absolute Gasteiger partial charge is 0.467 e. The van der Waals surface area contributed by atoms with Crippen molar-refractivity contribution in [1.82, 2.24) is 15.1 Å². The summed E-state index contributed by atoms with van der Waals surface area (Å²) in [6.07, 6.45) is 5.24. The molecule has 1 aliphatic carbocycles. The number of hydrogen-bond acceptors (Lipinski definition) is 5. The zero-order chi connectivity index (χ0) is 22.2. The van der Waals surface area contributed by atoms with E-state index in [9.17, 15) is 14.4 Å². The van der Waals surface area contributed by atoms with Crippen molar-refractivity contribution in [2.45, 2.75) is 58.7 Å². The Kier molecular flexibility index (Phi) is 5.41. The minimum Gasteiger partial charge on any atom is -0.467 e. The van der Waals surface area contributed by atoms with Crippen LogP contribution < -0.4 is 5.32 Å². The van der Waals surface area contributed by atoms with Crippen molar-refractivity contribution in [1.29, 1.82) is 0 Å². The van der Waals surface area contributed by atoms with Gasteiger partial charge < -0.3 is 19.1 Å². The van der Waals surface area contributed by atoms with Crippen molar-refractivity contribution in [3.05, 3.63) is 48.3 Å². The van der Waals surface area contributed by atoms with E-state index in [1.54, 1.807) is 24.3 Å². The van der Waals surface area contributed by atoms with Crippen LogP contribution in [0.3, 0.4) is 0 Å². The summed E-state index contributed by atoms with van der Waals surface area (Å²) in [5.41, 5.74) is -0.989. The Morgan fingerprint density at radius 3 is 2.26 bits per heavy atom. The monoisotopic (exact) mass is 427 g/mol. The van der Waals surface area contributed by atoms with Crippen molar-refractivity contribution >= 4 is 17.8 Å². The SMILES string of the molecule is CC1CC(C)(C)CC2(C1)NC(=O)N(CC(=O)N(Cc1ccco1)Cc1ccco1)C2=O. The molecule has 31 heavy (non-hydrogen) atoms. The van der Waals surface area contributed by atoms with E-state index >= 15 is 0 Å². The molecule has 1 aliphatic heterocycles. The Hall–Kier alpha value is -3.03. The molecule has 8 heteroatoms. The van der Waals surface area contributed by atoms with Crippen LogP contribution in [0.2, 0.25) is 0 Å². The van der Waals surface area contributed by atoms with Gasteiger partial charge in [0.1, 0.15) is 23.6 Å². The van der Waals surface area contributed by atoms with Gasteiger partial charge in [-0.25, -0.2) is 4.79 Å². The molecule has 2 aromatic heterocycles. The second-order valence-corrected chi connectivity index (χ2v) is 9.67. The van der Waals surface area contributed by atoms with E-state index in [4.69, 9.17) is 8.83 Å². The molecule has 1 spiro atoms. The summed E-state index contributed by atoms with van der Waals surface area (Å²) in [5, 5.41) is 2.92. The fourth-order valence-electron chi connectivity index (χ4n) is 5.30. The van der Waals surface area contributed by atoms with Crippen LogP contribution in [0.4, 0.5) is 4.79 Å². The first-order valence-electron chi connectivity index (χ1n) is 10.6. The Balaban J connectivity index is 1.51. The van der Waals surface area contributed by atoms with Gasteiger partial charge in [-0.1, -0.05) is 20.8 Å². The highest BCUT2D eigenvalue weighted by molar-refractivity contribution is 6.09. The molecule has 4 amide bonds. The molecule has 8 nitrogen and oxygen atoms in total. The Morgan fingerprint density at radius 1 is 1.13 bits per heavy atom. The number of rotatable bonds is 6. The van der Waals surface area contributed by atoms with Crippen LogP contribution in [0.1, 0.15) is 51.6 Å². The third-order valence-corrected chi connectivity index (χ3v) is 6.12. The summed E-state index contributed by atoms with van der Waals surface area (Å²) >= 11 is 0. The van der Waals surface area contributed by atoms with E-state index in [1.165, 1.54) is 17.4 Å². The maximum absolute atomic E-state index is 13.4. The molecule has 0 aromatic carbocycles. The summed E-state index contributed by atoms with van der Waals surface area (Å²) in [6.45, 7) is 6.45. The number of urea groups is 1. The second-order valence-electron chi connectivity index (χ2n) is 9.67. The fraction of sp³-hybridized carbons (Fsp3) is 0.522. The van der Waals surface area contributed by atoms with Crippen molar-refractivity contribution in [2.75, 3.05) is 6.54 Å². The van der Waals surface area contributed by atoms with E-state index < -0.39 is 11.6 Å². The van der Waals surface area contributed by atoms with Gasteiger partial charge >= 0.3 is 6.03 Å². The van der Waals surface area contributed by atoms with Gasteiger partial charge in [-0.2, -0.15) is 0 Å². The number of amides is 4. The molecule has 2 fully saturated rings. The maximum Gasteiger partial charge on any atom is 0.325 e. The summed E-state index contributed by atoms with van der Waals surface area (Å²) < 4.78 is 10.8. The highest BCUT2D eigenvalue weighted by Gasteiger charge is 2.56. The van der Waals surface area contributed by atoms with Gasteiger partial charge in [0.2, 0.25) is 5.91 Å². The maximum atomic E-state index is 13.4. The number of imide groups is 1. The van der Waals surface area contributed by atoms with E-state index in [2.05, 4.69) is 26.1 Å². The van der Waals surface area contributed by atoms with Crippen LogP contribution in [0.15, 0.2) is 45.6 Å². The van der Waals surface area contributed by atoms with Crippen LogP contribution in [0, 0.1) is 11.3 Å². The van der Waals surface area contributed by atoms with Gasteiger partial charge in [-0.15, -0.1) is 0 Å². The minimum absolute atomic E-state index is 0.0643. The number of carbonyl (C=O) groups is 3. The molecule has 0 bridgehead atoms. The molecular formula is C23H29N3O5. The highest BCUT2D eigenvalue weighted by atomic mass is 16.3. The summed E-state index contributed by atoms with van der Waals surface area (Å²) in [4.78, 5) is 41.9. The molecular weight excluding hydrogens is 398 g/mol. The first kappa shape index (κ1) is 21.2. The molecule has 1 saturated heterocycles. The van der Waals surface area contributed by atoms with Crippen molar-refractivity contribution < 1.29 is 23.2 Å². The lowest BCUT2D eigenvalue weighted by atomic mass is 9.64. The van der Waals surface area contributed by atoms with E-state index in [1.807, 2.05) is 0 Å². The van der Waals surface area contributed by atoms with Crippen LogP contribution in [0.5, 0.6) is 0 Å². The molecule has 2 atom stereocenters. The number of carbonyl (C=O) groups excluding carboxylic acids is 3. The van der Waals surface area contributed by atoms with Crippen LogP contribution >= 0.6 is 0 Å². The van der Waals surface area contributed by atoms with Crippen LogP contribution in [0.25, 0.3) is 0 Å². The molecule has 166 valence electrons. The third-order valence-electron chi connectivity index (χ3n) is 6.12. The lowest BCUT2D eigenvalue weighted by Gasteiger charge is -2.43. The quantitative estimate of drug-likeness (QED) is 0.712. The normalized spacial score (nSPS) is 25.1. The molecule has 1 N–H and O–H groups in total. The van der Waals surface area contributed by atoms with Crippen LogP contribution in [-0.4, -0.2) is 39.7 Å². The van der Waals surface area contributed by atoms with Gasteiger partial charge in [0.05, 0.1) is 25.6 Å².